The van der Waals surface area contributed by atoms with Gasteiger partial charge in [-0.1, -0.05) is 29.8 Å². The summed E-state index contributed by atoms with van der Waals surface area (Å²) in [4.78, 5) is 2.15. The molecule has 0 unspecified atom stereocenters. The van der Waals surface area contributed by atoms with E-state index >= 15 is 0 Å². The third-order valence-electron chi connectivity index (χ3n) is 3.00. The molecule has 0 spiro atoms. The Balaban J connectivity index is 2.18. The van der Waals surface area contributed by atoms with Gasteiger partial charge in [0.15, 0.2) is 0 Å². The Hall–Kier alpha value is -0.640. The van der Waals surface area contributed by atoms with E-state index in [2.05, 4.69) is 10.2 Å². The van der Waals surface area contributed by atoms with Crippen LogP contribution >= 0.6 is 11.6 Å². The lowest BCUT2D eigenvalue weighted by Gasteiger charge is -2.34. The molecule has 2 nitrogen and oxygen atoms in total. The average Bonchev–Trinajstić information content (AvgIpc) is 2.34. The van der Waals surface area contributed by atoms with Gasteiger partial charge in [-0.15, -0.1) is 0 Å². The van der Waals surface area contributed by atoms with Crippen molar-refractivity contribution in [2.45, 2.75) is 6.04 Å². The van der Waals surface area contributed by atoms with Gasteiger partial charge < -0.3 is 5.32 Å². The monoisotopic (exact) mass is 242 g/mol. The molecule has 88 valence electrons. The molecule has 0 amide bonds. The van der Waals surface area contributed by atoms with Gasteiger partial charge in [-0.25, -0.2) is 4.39 Å². The van der Waals surface area contributed by atoms with Crippen LogP contribution in [0.3, 0.4) is 0 Å². The largest absolute Gasteiger partial charge is 0.314 e. The van der Waals surface area contributed by atoms with Crippen LogP contribution in [0.2, 0.25) is 5.02 Å². The molecule has 1 N–H and O–H groups in total. The molecular weight excluding hydrogens is 227 g/mol. The van der Waals surface area contributed by atoms with Gasteiger partial charge in [0.2, 0.25) is 0 Å². The van der Waals surface area contributed by atoms with E-state index in [1.807, 2.05) is 24.3 Å². The van der Waals surface area contributed by atoms with E-state index in [0.717, 1.165) is 31.7 Å². The highest BCUT2D eigenvalue weighted by molar-refractivity contribution is 6.31. The summed E-state index contributed by atoms with van der Waals surface area (Å²) < 4.78 is 13.2. The Labute approximate surface area is 100 Å². The zero-order valence-electron chi connectivity index (χ0n) is 9.13. The van der Waals surface area contributed by atoms with Crippen molar-refractivity contribution < 1.29 is 4.39 Å². The summed E-state index contributed by atoms with van der Waals surface area (Å²) in [5, 5.41) is 3.92. The van der Waals surface area contributed by atoms with Gasteiger partial charge >= 0.3 is 0 Å². The number of piperazine rings is 1. The molecule has 0 aliphatic carbocycles. The summed E-state index contributed by atoms with van der Waals surface area (Å²) in [6.45, 7) is 3.20. The minimum atomic E-state index is -0.385. The van der Waals surface area contributed by atoms with Crippen LogP contribution in [-0.2, 0) is 0 Å². The van der Waals surface area contributed by atoms with Crippen LogP contribution in [-0.4, -0.2) is 37.8 Å². The van der Waals surface area contributed by atoms with E-state index in [-0.39, 0.29) is 12.7 Å². The van der Waals surface area contributed by atoms with Crippen LogP contribution in [0.4, 0.5) is 4.39 Å². The fourth-order valence-electron chi connectivity index (χ4n) is 2.12. The lowest BCUT2D eigenvalue weighted by molar-refractivity contribution is 0.147. The molecule has 4 heteroatoms. The van der Waals surface area contributed by atoms with Crippen LogP contribution in [0.1, 0.15) is 11.6 Å². The van der Waals surface area contributed by atoms with Gasteiger partial charge in [0.05, 0.1) is 6.04 Å². The highest BCUT2D eigenvalue weighted by Gasteiger charge is 2.23. The second kappa shape index (κ2) is 5.62. The molecule has 1 aromatic rings. The minimum Gasteiger partial charge on any atom is -0.314 e. The second-order valence-electron chi connectivity index (χ2n) is 3.98. The zero-order valence-corrected chi connectivity index (χ0v) is 9.88. The van der Waals surface area contributed by atoms with Gasteiger partial charge in [-0.05, 0) is 11.6 Å². The summed E-state index contributed by atoms with van der Waals surface area (Å²) in [6.07, 6.45) is 0. The molecule has 1 saturated heterocycles. The van der Waals surface area contributed by atoms with Crippen LogP contribution in [0, 0.1) is 0 Å². The van der Waals surface area contributed by atoms with E-state index in [4.69, 9.17) is 11.6 Å². The van der Waals surface area contributed by atoms with Gasteiger partial charge in [0.25, 0.3) is 0 Å². The molecule has 1 heterocycles. The number of benzene rings is 1. The maximum absolute atomic E-state index is 13.2. The lowest BCUT2D eigenvalue weighted by Crippen LogP contribution is -2.45. The molecule has 1 fully saturated rings. The Kier molecular flexibility index (Phi) is 4.16. The Bertz CT molecular complexity index is 340. The number of nitrogens with one attached hydrogen (secondary N) is 1. The molecule has 16 heavy (non-hydrogen) atoms. The molecule has 1 aliphatic heterocycles. The summed E-state index contributed by atoms with van der Waals surface area (Å²) in [6, 6.07) is 7.32. The molecule has 0 radical (unpaired) electrons. The van der Waals surface area contributed by atoms with Crippen LogP contribution in [0.15, 0.2) is 24.3 Å². The second-order valence-corrected chi connectivity index (χ2v) is 4.38. The SMILES string of the molecule is FC[C@H](c1ccccc1Cl)N1CCNCC1. The summed E-state index contributed by atoms with van der Waals surface area (Å²) in [7, 11) is 0. The quantitative estimate of drug-likeness (QED) is 0.875. The van der Waals surface area contributed by atoms with Crippen molar-refractivity contribution in [2.75, 3.05) is 32.9 Å². The van der Waals surface area contributed by atoms with E-state index < -0.39 is 0 Å². The zero-order chi connectivity index (χ0) is 11.4. The van der Waals surface area contributed by atoms with Crippen molar-refractivity contribution in [1.82, 2.24) is 10.2 Å². The molecule has 0 saturated carbocycles. The first-order chi connectivity index (χ1) is 7.83. The fraction of sp³-hybridized carbons (Fsp3) is 0.500. The number of hydrogen-bond donors (Lipinski definition) is 1. The molecule has 1 aromatic carbocycles. The molecule has 1 aliphatic rings. The van der Waals surface area contributed by atoms with E-state index in [0.29, 0.717) is 5.02 Å². The minimum absolute atomic E-state index is 0.198. The number of rotatable bonds is 3. The third kappa shape index (κ3) is 2.54. The molecule has 2 rings (SSSR count). The number of alkyl halides is 1. The predicted molar refractivity (Wildman–Crippen MR) is 64.6 cm³/mol. The van der Waals surface area contributed by atoms with E-state index in [1.54, 1.807) is 0 Å². The van der Waals surface area contributed by atoms with Crippen LogP contribution in [0.25, 0.3) is 0 Å². The summed E-state index contributed by atoms with van der Waals surface area (Å²) in [5.41, 5.74) is 0.897. The highest BCUT2D eigenvalue weighted by Crippen LogP contribution is 2.27. The van der Waals surface area contributed by atoms with Crippen molar-refractivity contribution in [1.29, 1.82) is 0 Å². The van der Waals surface area contributed by atoms with Crippen LogP contribution < -0.4 is 5.32 Å². The maximum Gasteiger partial charge on any atom is 0.109 e. The average molecular weight is 243 g/mol. The van der Waals surface area contributed by atoms with Gasteiger partial charge in [0, 0.05) is 31.2 Å². The van der Waals surface area contributed by atoms with Gasteiger partial charge in [-0.2, -0.15) is 0 Å². The van der Waals surface area contributed by atoms with E-state index in [9.17, 15) is 4.39 Å². The van der Waals surface area contributed by atoms with E-state index in [1.165, 1.54) is 0 Å². The first kappa shape index (κ1) is 11.8. The Morgan fingerprint density at radius 2 is 2.00 bits per heavy atom. The normalized spacial score (nSPS) is 19.6. The van der Waals surface area contributed by atoms with Gasteiger partial charge in [-0.3, -0.25) is 4.90 Å². The standard InChI is InChI=1S/C12H16ClFN2/c13-11-4-2-1-3-10(11)12(9-14)16-7-5-15-6-8-16/h1-4,12,15H,5-9H2/t12-/m1/s1. The summed E-state index contributed by atoms with van der Waals surface area (Å²) >= 11 is 6.11. The third-order valence-corrected chi connectivity index (χ3v) is 3.35. The van der Waals surface area contributed by atoms with Crippen molar-refractivity contribution >= 4 is 11.6 Å². The van der Waals surface area contributed by atoms with Gasteiger partial charge in [0.1, 0.15) is 6.67 Å². The predicted octanol–water partition coefficient (Wildman–Crippen LogP) is 2.26. The van der Waals surface area contributed by atoms with Crippen molar-refractivity contribution in [3.63, 3.8) is 0 Å². The maximum atomic E-state index is 13.2. The van der Waals surface area contributed by atoms with Crippen LogP contribution in [0.5, 0.6) is 0 Å². The van der Waals surface area contributed by atoms with Crippen molar-refractivity contribution in [3.8, 4) is 0 Å². The molecule has 0 aromatic heterocycles. The van der Waals surface area contributed by atoms with Crippen molar-refractivity contribution in [2.24, 2.45) is 0 Å². The topological polar surface area (TPSA) is 15.3 Å². The first-order valence-corrected chi connectivity index (χ1v) is 5.96. The smallest absolute Gasteiger partial charge is 0.109 e. The Morgan fingerprint density at radius 1 is 1.31 bits per heavy atom. The molecular formula is C12H16ClFN2. The Morgan fingerprint density at radius 3 is 2.62 bits per heavy atom. The number of hydrogen-bond acceptors (Lipinski definition) is 2. The fourth-order valence-corrected chi connectivity index (χ4v) is 2.38. The highest BCUT2D eigenvalue weighted by atomic mass is 35.5. The summed E-state index contributed by atoms with van der Waals surface area (Å²) in [5.74, 6) is 0. The number of nitrogens with zero attached hydrogens (tertiary/aromatic N) is 1. The lowest BCUT2D eigenvalue weighted by atomic mass is 10.1. The van der Waals surface area contributed by atoms with Crippen molar-refractivity contribution in [3.05, 3.63) is 34.9 Å². The first-order valence-electron chi connectivity index (χ1n) is 5.58. The molecule has 1 atom stereocenters. The number of halogens is 2. The molecule has 0 bridgehead atoms.